The van der Waals surface area contributed by atoms with E-state index in [0.29, 0.717) is 12.1 Å². The molecule has 2 atom stereocenters. The highest BCUT2D eigenvalue weighted by atomic mass is 16.4. The van der Waals surface area contributed by atoms with Gasteiger partial charge in [-0.05, 0) is 52.7 Å². The van der Waals surface area contributed by atoms with Crippen molar-refractivity contribution in [1.29, 1.82) is 0 Å². The second kappa shape index (κ2) is 5.17. The smallest absolute Gasteiger partial charge is 0.309 e. The van der Waals surface area contributed by atoms with Crippen molar-refractivity contribution in [3.8, 4) is 0 Å². The summed E-state index contributed by atoms with van der Waals surface area (Å²) in [6, 6.07) is 1.29. The Hall–Kier alpha value is -0.610. The molecule has 18 heavy (non-hydrogen) atoms. The summed E-state index contributed by atoms with van der Waals surface area (Å²) in [5.74, 6) is -0.596. The molecule has 0 aromatic carbocycles. The standard InChI is InChI=1S/C14H26N2O2/c1-4-14(13(17)18)5-7-16(8-6-14)12-9-11(2)15(3)10-12/h11-12H,4-10H2,1-3H3,(H,17,18). The van der Waals surface area contributed by atoms with Crippen molar-refractivity contribution in [2.75, 3.05) is 26.7 Å². The molecular weight excluding hydrogens is 228 g/mol. The molecule has 4 nitrogen and oxygen atoms in total. The van der Waals surface area contributed by atoms with Crippen LogP contribution in [0.2, 0.25) is 0 Å². The van der Waals surface area contributed by atoms with E-state index in [4.69, 9.17) is 0 Å². The van der Waals surface area contributed by atoms with Crippen molar-refractivity contribution >= 4 is 5.97 Å². The molecule has 104 valence electrons. The van der Waals surface area contributed by atoms with E-state index in [0.717, 1.165) is 38.9 Å². The number of hydrogen-bond acceptors (Lipinski definition) is 3. The normalized spacial score (nSPS) is 33.7. The zero-order chi connectivity index (χ0) is 13.3. The Morgan fingerprint density at radius 3 is 2.39 bits per heavy atom. The van der Waals surface area contributed by atoms with E-state index in [2.05, 4.69) is 23.8 Å². The molecule has 0 aromatic rings. The summed E-state index contributed by atoms with van der Waals surface area (Å²) in [6.45, 7) is 7.32. The van der Waals surface area contributed by atoms with Crippen molar-refractivity contribution in [2.45, 2.75) is 51.6 Å². The zero-order valence-electron chi connectivity index (χ0n) is 11.9. The molecule has 0 aliphatic carbocycles. The van der Waals surface area contributed by atoms with E-state index in [-0.39, 0.29) is 0 Å². The van der Waals surface area contributed by atoms with E-state index in [1.54, 1.807) is 0 Å². The van der Waals surface area contributed by atoms with Crippen LogP contribution in [-0.2, 0) is 4.79 Å². The lowest BCUT2D eigenvalue weighted by molar-refractivity contribution is -0.152. The fourth-order valence-electron chi connectivity index (χ4n) is 3.46. The lowest BCUT2D eigenvalue weighted by atomic mass is 9.76. The number of likely N-dealkylation sites (N-methyl/N-ethyl adjacent to an activating group) is 1. The van der Waals surface area contributed by atoms with Crippen molar-refractivity contribution in [1.82, 2.24) is 9.80 Å². The van der Waals surface area contributed by atoms with Crippen LogP contribution in [0.4, 0.5) is 0 Å². The van der Waals surface area contributed by atoms with Gasteiger partial charge in [0.05, 0.1) is 5.41 Å². The number of hydrogen-bond donors (Lipinski definition) is 1. The van der Waals surface area contributed by atoms with Crippen molar-refractivity contribution < 1.29 is 9.90 Å². The summed E-state index contributed by atoms with van der Waals surface area (Å²) in [5.41, 5.74) is -0.452. The second-order valence-electron chi connectivity index (χ2n) is 6.15. The van der Waals surface area contributed by atoms with Crippen LogP contribution >= 0.6 is 0 Å². The SMILES string of the molecule is CCC1(C(=O)O)CCN(C2CC(C)N(C)C2)CC1. The molecule has 2 unspecified atom stereocenters. The average Bonchev–Trinajstić information content (AvgIpc) is 2.69. The van der Waals surface area contributed by atoms with E-state index >= 15 is 0 Å². The number of piperidine rings is 1. The maximum atomic E-state index is 11.4. The monoisotopic (exact) mass is 254 g/mol. The minimum atomic E-state index is -0.596. The molecule has 2 heterocycles. The highest BCUT2D eigenvalue weighted by Crippen LogP contribution is 2.36. The fourth-order valence-corrected chi connectivity index (χ4v) is 3.46. The van der Waals surface area contributed by atoms with Gasteiger partial charge in [0, 0.05) is 18.6 Å². The molecule has 0 aromatic heterocycles. The Kier molecular flexibility index (Phi) is 3.97. The van der Waals surface area contributed by atoms with Gasteiger partial charge in [-0.3, -0.25) is 9.69 Å². The number of nitrogens with zero attached hydrogens (tertiary/aromatic N) is 2. The van der Waals surface area contributed by atoms with Crippen molar-refractivity contribution in [3.63, 3.8) is 0 Å². The van der Waals surface area contributed by atoms with Crippen LogP contribution in [0.25, 0.3) is 0 Å². The van der Waals surface area contributed by atoms with E-state index < -0.39 is 11.4 Å². The highest BCUT2D eigenvalue weighted by Gasteiger charge is 2.42. The zero-order valence-corrected chi connectivity index (χ0v) is 11.9. The van der Waals surface area contributed by atoms with Crippen LogP contribution in [0.5, 0.6) is 0 Å². The predicted molar refractivity (Wildman–Crippen MR) is 71.7 cm³/mol. The van der Waals surface area contributed by atoms with Crippen molar-refractivity contribution in [3.05, 3.63) is 0 Å². The molecule has 4 heteroatoms. The number of carboxylic acid groups (broad SMARTS) is 1. The van der Waals surface area contributed by atoms with Crippen LogP contribution in [0, 0.1) is 5.41 Å². The first-order valence-corrected chi connectivity index (χ1v) is 7.16. The number of likely N-dealkylation sites (tertiary alicyclic amines) is 2. The van der Waals surface area contributed by atoms with Gasteiger partial charge in [0.1, 0.15) is 0 Å². The third kappa shape index (κ3) is 2.41. The number of carboxylic acids is 1. The summed E-state index contributed by atoms with van der Waals surface area (Å²) in [6.07, 6.45) is 3.61. The van der Waals surface area contributed by atoms with Gasteiger partial charge in [-0.25, -0.2) is 0 Å². The molecule has 0 radical (unpaired) electrons. The Balaban J connectivity index is 1.93. The van der Waals surface area contributed by atoms with Crippen LogP contribution in [0.1, 0.15) is 39.5 Å². The average molecular weight is 254 g/mol. The van der Waals surface area contributed by atoms with Crippen LogP contribution < -0.4 is 0 Å². The topological polar surface area (TPSA) is 43.8 Å². The molecule has 0 bridgehead atoms. The number of carbonyl (C=O) groups is 1. The Labute approximate surface area is 110 Å². The molecule has 1 N–H and O–H groups in total. The number of rotatable bonds is 3. The lowest BCUT2D eigenvalue weighted by Crippen LogP contribution is -2.48. The van der Waals surface area contributed by atoms with Gasteiger partial charge >= 0.3 is 5.97 Å². The van der Waals surface area contributed by atoms with Crippen molar-refractivity contribution in [2.24, 2.45) is 5.41 Å². The maximum Gasteiger partial charge on any atom is 0.309 e. The molecule has 0 amide bonds. The minimum absolute atomic E-state index is 0.452. The summed E-state index contributed by atoms with van der Waals surface area (Å²) >= 11 is 0. The second-order valence-corrected chi connectivity index (χ2v) is 6.15. The van der Waals surface area contributed by atoms with Gasteiger partial charge in [-0.1, -0.05) is 6.92 Å². The molecule has 2 aliphatic rings. The third-order valence-corrected chi connectivity index (χ3v) is 5.27. The summed E-state index contributed by atoms with van der Waals surface area (Å²) in [7, 11) is 2.18. The minimum Gasteiger partial charge on any atom is -0.481 e. The van der Waals surface area contributed by atoms with Crippen LogP contribution in [0.15, 0.2) is 0 Å². The molecule has 2 aliphatic heterocycles. The molecule has 0 saturated carbocycles. The summed E-state index contributed by atoms with van der Waals surface area (Å²) < 4.78 is 0. The summed E-state index contributed by atoms with van der Waals surface area (Å²) in [4.78, 5) is 16.3. The van der Waals surface area contributed by atoms with Gasteiger partial charge in [-0.2, -0.15) is 0 Å². The van der Waals surface area contributed by atoms with Gasteiger partial charge in [-0.15, -0.1) is 0 Å². The molecule has 0 spiro atoms. The van der Waals surface area contributed by atoms with E-state index in [1.165, 1.54) is 6.42 Å². The highest BCUT2D eigenvalue weighted by molar-refractivity contribution is 5.74. The van der Waals surface area contributed by atoms with Gasteiger partial charge in [0.2, 0.25) is 0 Å². The Bertz CT molecular complexity index is 301. The predicted octanol–water partition coefficient (Wildman–Crippen LogP) is 1.66. The largest absolute Gasteiger partial charge is 0.481 e. The van der Waals surface area contributed by atoms with Crippen LogP contribution in [0.3, 0.4) is 0 Å². The Morgan fingerprint density at radius 2 is 2.00 bits per heavy atom. The first-order valence-electron chi connectivity index (χ1n) is 7.16. The fraction of sp³-hybridized carbons (Fsp3) is 0.929. The number of aliphatic carboxylic acids is 1. The van der Waals surface area contributed by atoms with E-state index in [1.807, 2.05) is 6.92 Å². The molecule has 2 rings (SSSR count). The Morgan fingerprint density at radius 1 is 1.39 bits per heavy atom. The maximum absolute atomic E-state index is 11.4. The first kappa shape index (κ1) is 13.8. The summed E-state index contributed by atoms with van der Waals surface area (Å²) in [5, 5.41) is 9.40. The van der Waals surface area contributed by atoms with E-state index in [9.17, 15) is 9.90 Å². The van der Waals surface area contributed by atoms with Crippen LogP contribution in [-0.4, -0.2) is 59.6 Å². The first-order chi connectivity index (χ1) is 8.48. The quantitative estimate of drug-likeness (QED) is 0.832. The molecule has 2 saturated heterocycles. The molecular formula is C14H26N2O2. The van der Waals surface area contributed by atoms with Gasteiger partial charge in [0.25, 0.3) is 0 Å². The third-order valence-electron chi connectivity index (χ3n) is 5.27. The molecule has 2 fully saturated rings. The van der Waals surface area contributed by atoms with Gasteiger partial charge < -0.3 is 10.0 Å². The van der Waals surface area contributed by atoms with Gasteiger partial charge in [0.15, 0.2) is 0 Å². The lowest BCUT2D eigenvalue weighted by Gasteiger charge is -2.40.